The molecule has 7 nitrogen and oxygen atoms in total. The van der Waals surface area contributed by atoms with E-state index in [-0.39, 0.29) is 52.5 Å². The first kappa shape index (κ1) is 22.3. The van der Waals surface area contributed by atoms with Crippen LogP contribution in [0, 0.1) is 5.82 Å². The Bertz CT molecular complexity index is 1130. The molecule has 33 heavy (non-hydrogen) atoms. The highest BCUT2D eigenvalue weighted by molar-refractivity contribution is 5.97. The van der Waals surface area contributed by atoms with E-state index in [1.165, 1.54) is 36.5 Å². The average Bonchev–Trinajstić information content (AvgIpc) is 2.82. The number of pyridine rings is 1. The smallest absolute Gasteiger partial charge is 0.257 e. The van der Waals surface area contributed by atoms with Gasteiger partial charge >= 0.3 is 0 Å². The van der Waals surface area contributed by atoms with E-state index in [9.17, 15) is 19.1 Å². The summed E-state index contributed by atoms with van der Waals surface area (Å²) in [5, 5.41) is 15.8. The number of phenolic OH excluding ortho intramolecular Hbond substituents is 1. The number of halogens is 1. The molecule has 3 N–H and O–H groups in total. The van der Waals surface area contributed by atoms with Crippen LogP contribution < -0.4 is 15.4 Å². The standard InChI is InChI=1S/C25H24FN3O4/c26-16-7-13-19(14-8-16)33-25-21(5-3-15-27-25)24(32)29-18-11-9-17(10-12-18)28-23(31)20-4-1-2-6-22(20)30/h1-8,13-15,17-18,30H,9-12H2,(H,28,31)(H,29,32). The van der Waals surface area contributed by atoms with E-state index in [4.69, 9.17) is 4.74 Å². The average molecular weight is 449 g/mol. The van der Waals surface area contributed by atoms with Crippen LogP contribution in [0.4, 0.5) is 4.39 Å². The first-order valence-electron chi connectivity index (χ1n) is 10.8. The van der Waals surface area contributed by atoms with Gasteiger partial charge in [-0.2, -0.15) is 0 Å². The number of benzene rings is 2. The second-order valence-electron chi connectivity index (χ2n) is 7.92. The summed E-state index contributed by atoms with van der Waals surface area (Å²) in [5.74, 6) is -0.518. The van der Waals surface area contributed by atoms with E-state index in [1.807, 2.05) is 0 Å². The van der Waals surface area contributed by atoms with Crippen molar-refractivity contribution in [1.82, 2.24) is 15.6 Å². The summed E-state index contributed by atoms with van der Waals surface area (Å²) in [5.41, 5.74) is 0.537. The van der Waals surface area contributed by atoms with Gasteiger partial charge < -0.3 is 20.5 Å². The number of amides is 2. The molecule has 0 bridgehead atoms. The second-order valence-corrected chi connectivity index (χ2v) is 7.92. The Morgan fingerprint density at radius 3 is 2.06 bits per heavy atom. The van der Waals surface area contributed by atoms with Crippen LogP contribution in [0.25, 0.3) is 0 Å². The van der Waals surface area contributed by atoms with Gasteiger partial charge in [-0.3, -0.25) is 9.59 Å². The lowest BCUT2D eigenvalue weighted by Gasteiger charge is -2.29. The number of carbonyl (C=O) groups is 2. The van der Waals surface area contributed by atoms with Crippen LogP contribution in [-0.2, 0) is 0 Å². The fourth-order valence-corrected chi connectivity index (χ4v) is 3.83. The number of nitrogens with one attached hydrogen (secondary N) is 2. The van der Waals surface area contributed by atoms with Crippen molar-refractivity contribution < 1.29 is 23.8 Å². The van der Waals surface area contributed by atoms with Crippen molar-refractivity contribution in [2.45, 2.75) is 37.8 Å². The summed E-state index contributed by atoms with van der Waals surface area (Å²) in [6.45, 7) is 0. The van der Waals surface area contributed by atoms with Gasteiger partial charge in [-0.1, -0.05) is 12.1 Å². The molecule has 1 fully saturated rings. The van der Waals surface area contributed by atoms with Gasteiger partial charge in [0.1, 0.15) is 22.9 Å². The minimum atomic E-state index is -0.381. The van der Waals surface area contributed by atoms with Gasteiger partial charge in [-0.25, -0.2) is 9.37 Å². The van der Waals surface area contributed by atoms with Gasteiger partial charge in [0.05, 0.1) is 5.56 Å². The Hall–Kier alpha value is -3.94. The summed E-state index contributed by atoms with van der Waals surface area (Å²) in [4.78, 5) is 29.4. The third-order valence-electron chi connectivity index (χ3n) is 5.59. The normalized spacial score (nSPS) is 17.7. The maximum Gasteiger partial charge on any atom is 0.257 e. The first-order valence-corrected chi connectivity index (χ1v) is 10.8. The number of carbonyl (C=O) groups excluding carboxylic acids is 2. The van der Waals surface area contributed by atoms with E-state index < -0.39 is 0 Å². The van der Waals surface area contributed by atoms with Crippen LogP contribution in [0.15, 0.2) is 66.9 Å². The molecule has 2 amide bonds. The zero-order valence-electron chi connectivity index (χ0n) is 17.8. The summed E-state index contributed by atoms with van der Waals surface area (Å²) in [6.07, 6.45) is 4.33. The fraction of sp³-hybridized carbons (Fsp3) is 0.240. The highest BCUT2D eigenvalue weighted by Crippen LogP contribution is 2.25. The van der Waals surface area contributed by atoms with Crippen LogP contribution in [-0.4, -0.2) is 34.0 Å². The third kappa shape index (κ3) is 5.65. The van der Waals surface area contributed by atoms with Gasteiger partial charge in [0, 0.05) is 18.3 Å². The van der Waals surface area contributed by atoms with Gasteiger partial charge in [0.25, 0.3) is 11.8 Å². The fourth-order valence-electron chi connectivity index (χ4n) is 3.83. The molecule has 3 aromatic rings. The molecule has 1 saturated carbocycles. The van der Waals surface area contributed by atoms with E-state index in [1.54, 1.807) is 30.3 Å². The predicted molar refractivity (Wildman–Crippen MR) is 120 cm³/mol. The zero-order valence-corrected chi connectivity index (χ0v) is 17.8. The lowest BCUT2D eigenvalue weighted by molar-refractivity contribution is 0.0888. The van der Waals surface area contributed by atoms with Crippen LogP contribution in [0.3, 0.4) is 0 Å². The summed E-state index contributed by atoms with van der Waals surface area (Å²) < 4.78 is 18.8. The highest BCUT2D eigenvalue weighted by atomic mass is 19.1. The molecule has 170 valence electrons. The Kier molecular flexibility index (Phi) is 6.83. The largest absolute Gasteiger partial charge is 0.507 e. The number of aromatic nitrogens is 1. The Balaban J connectivity index is 1.32. The molecule has 0 aliphatic heterocycles. The molecule has 2 aromatic carbocycles. The molecule has 0 atom stereocenters. The van der Waals surface area contributed by atoms with E-state index in [0.717, 1.165) is 0 Å². The topological polar surface area (TPSA) is 101 Å². The summed E-state index contributed by atoms with van der Waals surface area (Å²) in [7, 11) is 0. The van der Waals surface area contributed by atoms with Crippen LogP contribution in [0.1, 0.15) is 46.4 Å². The SMILES string of the molecule is O=C(NC1CCC(NC(=O)c2cccnc2Oc2ccc(F)cc2)CC1)c1ccccc1O. The maximum atomic E-state index is 13.1. The molecule has 1 heterocycles. The maximum absolute atomic E-state index is 13.1. The minimum Gasteiger partial charge on any atom is -0.507 e. The molecule has 1 aromatic heterocycles. The molecule has 1 aliphatic carbocycles. The third-order valence-corrected chi connectivity index (χ3v) is 5.59. The lowest BCUT2D eigenvalue weighted by Crippen LogP contribution is -2.43. The second kappa shape index (κ2) is 10.1. The van der Waals surface area contributed by atoms with Gasteiger partial charge in [0.15, 0.2) is 0 Å². The van der Waals surface area contributed by atoms with Gasteiger partial charge in [-0.15, -0.1) is 0 Å². The van der Waals surface area contributed by atoms with Crippen molar-refractivity contribution >= 4 is 11.8 Å². The van der Waals surface area contributed by atoms with Gasteiger partial charge in [-0.05, 0) is 74.2 Å². The van der Waals surface area contributed by atoms with Crippen LogP contribution >= 0.6 is 0 Å². The van der Waals surface area contributed by atoms with Crippen molar-refractivity contribution in [1.29, 1.82) is 0 Å². The molecular formula is C25H24FN3O4. The number of rotatable bonds is 6. The molecule has 8 heteroatoms. The quantitative estimate of drug-likeness (QED) is 0.524. The Morgan fingerprint density at radius 2 is 1.42 bits per heavy atom. The van der Waals surface area contributed by atoms with E-state index >= 15 is 0 Å². The molecule has 0 unspecified atom stereocenters. The number of nitrogens with zero attached hydrogens (tertiary/aromatic N) is 1. The number of hydrogen-bond donors (Lipinski definition) is 3. The number of ether oxygens (including phenoxy) is 1. The van der Waals surface area contributed by atoms with Crippen LogP contribution in [0.2, 0.25) is 0 Å². The minimum absolute atomic E-state index is 0.0268. The molecule has 1 aliphatic rings. The number of aromatic hydroxyl groups is 1. The molecule has 0 saturated heterocycles. The predicted octanol–water partition coefficient (Wildman–Crippen LogP) is 4.19. The Labute approximate surface area is 190 Å². The zero-order chi connectivity index (χ0) is 23.2. The van der Waals surface area contributed by atoms with Crippen molar-refractivity contribution in [2.24, 2.45) is 0 Å². The monoisotopic (exact) mass is 449 g/mol. The summed E-state index contributed by atoms with van der Waals surface area (Å²) in [6, 6.07) is 15.1. The number of phenols is 1. The van der Waals surface area contributed by atoms with Crippen molar-refractivity contribution in [2.75, 3.05) is 0 Å². The van der Waals surface area contributed by atoms with E-state index in [2.05, 4.69) is 15.6 Å². The van der Waals surface area contributed by atoms with Crippen LogP contribution in [0.5, 0.6) is 17.4 Å². The number of hydrogen-bond acceptors (Lipinski definition) is 5. The Morgan fingerprint density at radius 1 is 0.848 bits per heavy atom. The lowest BCUT2D eigenvalue weighted by atomic mass is 9.90. The van der Waals surface area contributed by atoms with Crippen molar-refractivity contribution in [3.8, 4) is 17.4 Å². The highest BCUT2D eigenvalue weighted by Gasteiger charge is 2.26. The molecule has 0 radical (unpaired) electrons. The number of para-hydroxylation sites is 1. The van der Waals surface area contributed by atoms with Crippen molar-refractivity contribution in [3.63, 3.8) is 0 Å². The molecular weight excluding hydrogens is 425 g/mol. The van der Waals surface area contributed by atoms with Gasteiger partial charge in [0.2, 0.25) is 5.88 Å². The van der Waals surface area contributed by atoms with E-state index in [0.29, 0.717) is 31.4 Å². The van der Waals surface area contributed by atoms with Crippen molar-refractivity contribution in [3.05, 3.63) is 83.8 Å². The summed E-state index contributed by atoms with van der Waals surface area (Å²) >= 11 is 0. The molecule has 4 rings (SSSR count). The first-order chi connectivity index (χ1) is 16.0. The molecule has 0 spiro atoms.